The number of nitrogens with zero attached hydrogens (tertiary/aromatic N) is 2. The maximum Gasteiger partial charge on any atom is 0.146 e. The molecule has 0 N–H and O–H groups in total. The van der Waals surface area contributed by atoms with E-state index in [1.54, 1.807) is 6.92 Å². The molecular weight excluding hydrogens is 335 g/mol. The average Bonchev–Trinajstić information content (AvgIpc) is 3.08. The van der Waals surface area contributed by atoms with Gasteiger partial charge in [0.2, 0.25) is 0 Å². The summed E-state index contributed by atoms with van der Waals surface area (Å²) in [5, 5.41) is 0. The molecule has 0 amide bonds. The number of hydrogen-bond acceptors (Lipinski definition) is 1. The number of fused-ring (bicyclic) bond motifs is 1. The Morgan fingerprint density at radius 2 is 1.48 bits per heavy atom. The van der Waals surface area contributed by atoms with Crippen molar-refractivity contribution in [3.8, 4) is 17.1 Å². The fourth-order valence-corrected chi connectivity index (χ4v) is 3.50. The van der Waals surface area contributed by atoms with Gasteiger partial charge in [0.25, 0.3) is 0 Å². The summed E-state index contributed by atoms with van der Waals surface area (Å²) >= 11 is 0. The van der Waals surface area contributed by atoms with Crippen molar-refractivity contribution in [2.45, 2.75) is 32.4 Å². The number of hydrogen-bond donors (Lipinski definition) is 0. The van der Waals surface area contributed by atoms with Gasteiger partial charge in [-0.3, -0.25) is 4.57 Å². The molecule has 0 aliphatic carbocycles. The van der Waals surface area contributed by atoms with Gasteiger partial charge in [0.05, 0.1) is 11.0 Å². The predicted octanol–water partition coefficient (Wildman–Crippen LogP) is 6.33. The third-order valence-corrected chi connectivity index (χ3v) is 5.43. The molecule has 1 aromatic heterocycles. The molecule has 27 heavy (non-hydrogen) atoms. The first kappa shape index (κ1) is 17.5. The molecule has 4 rings (SSSR count). The van der Waals surface area contributed by atoms with Gasteiger partial charge in [0.15, 0.2) is 0 Å². The Kier molecular flexibility index (Phi) is 4.31. The van der Waals surface area contributed by atoms with Crippen molar-refractivity contribution in [3.05, 3.63) is 84.4 Å². The maximum absolute atomic E-state index is 14.5. The third kappa shape index (κ3) is 2.93. The molecule has 0 bridgehead atoms. The Hall–Kier alpha value is -2.94. The van der Waals surface area contributed by atoms with E-state index in [0.29, 0.717) is 0 Å². The van der Waals surface area contributed by atoms with Gasteiger partial charge in [-0.15, -0.1) is 0 Å². The monoisotopic (exact) mass is 358 g/mol. The van der Waals surface area contributed by atoms with Crippen molar-refractivity contribution >= 4 is 11.0 Å². The van der Waals surface area contributed by atoms with E-state index < -0.39 is 11.6 Å². The second kappa shape index (κ2) is 6.66. The Morgan fingerprint density at radius 3 is 2.22 bits per heavy atom. The molecule has 0 fully saturated rings. The van der Waals surface area contributed by atoms with E-state index in [0.717, 1.165) is 33.7 Å². The van der Waals surface area contributed by atoms with E-state index >= 15 is 0 Å². The van der Waals surface area contributed by atoms with Crippen LogP contribution in [0.4, 0.5) is 4.39 Å². The largest absolute Gasteiger partial charge is 0.292 e. The van der Waals surface area contributed by atoms with E-state index in [2.05, 4.69) is 22.8 Å². The van der Waals surface area contributed by atoms with Crippen LogP contribution >= 0.6 is 0 Å². The standard InChI is InChI=1S/C24H23FN2/c1-17(25)24(2,3)20-14-8-7-13-19(20)23-26-21-15-9-10-16-22(21)27(23)18-11-5-4-6-12-18/h4-17H,1-3H3/t17-/m1/s1. The van der Waals surface area contributed by atoms with Crippen molar-refractivity contribution in [3.63, 3.8) is 0 Å². The summed E-state index contributed by atoms with van der Waals surface area (Å²) in [5.41, 5.74) is 4.33. The highest BCUT2D eigenvalue weighted by atomic mass is 19.1. The zero-order valence-electron chi connectivity index (χ0n) is 15.9. The lowest BCUT2D eigenvalue weighted by Gasteiger charge is -2.29. The van der Waals surface area contributed by atoms with E-state index in [9.17, 15) is 4.39 Å². The van der Waals surface area contributed by atoms with Gasteiger partial charge in [0, 0.05) is 16.7 Å². The number of benzene rings is 3. The summed E-state index contributed by atoms with van der Waals surface area (Å²) in [6.45, 7) is 5.52. The highest BCUT2D eigenvalue weighted by Gasteiger charge is 2.31. The van der Waals surface area contributed by atoms with Crippen molar-refractivity contribution < 1.29 is 4.39 Å². The SMILES string of the molecule is C[C@@H](F)C(C)(C)c1ccccc1-c1nc2ccccc2n1-c1ccccc1. The second-order valence-corrected chi connectivity index (χ2v) is 7.48. The molecule has 136 valence electrons. The number of imidazole rings is 1. The Morgan fingerprint density at radius 1 is 0.852 bits per heavy atom. The first-order valence-electron chi connectivity index (χ1n) is 9.27. The zero-order valence-corrected chi connectivity index (χ0v) is 15.9. The summed E-state index contributed by atoms with van der Waals surface area (Å²) in [6.07, 6.45) is -0.979. The maximum atomic E-state index is 14.5. The lowest BCUT2D eigenvalue weighted by atomic mass is 9.78. The normalized spacial score (nSPS) is 13.0. The lowest BCUT2D eigenvalue weighted by Crippen LogP contribution is -2.28. The smallest absolute Gasteiger partial charge is 0.146 e. The summed E-state index contributed by atoms with van der Waals surface area (Å²) in [6, 6.07) is 26.3. The van der Waals surface area contributed by atoms with Gasteiger partial charge < -0.3 is 0 Å². The van der Waals surface area contributed by atoms with Crippen LogP contribution in [0.5, 0.6) is 0 Å². The number of halogens is 1. The minimum absolute atomic E-state index is 0.615. The van der Waals surface area contributed by atoms with Crippen LogP contribution in [0.3, 0.4) is 0 Å². The molecule has 0 unspecified atom stereocenters. The van der Waals surface area contributed by atoms with Crippen LogP contribution in [-0.2, 0) is 5.41 Å². The minimum Gasteiger partial charge on any atom is -0.292 e. The molecule has 0 saturated heterocycles. The molecule has 0 radical (unpaired) electrons. The topological polar surface area (TPSA) is 17.8 Å². The molecule has 3 heteroatoms. The van der Waals surface area contributed by atoms with Crippen LogP contribution in [0.2, 0.25) is 0 Å². The minimum atomic E-state index is -0.979. The van der Waals surface area contributed by atoms with Gasteiger partial charge >= 0.3 is 0 Å². The highest BCUT2D eigenvalue weighted by Crippen LogP contribution is 2.38. The summed E-state index contributed by atoms with van der Waals surface area (Å²) < 4.78 is 16.6. The number of alkyl halides is 1. The first-order valence-corrected chi connectivity index (χ1v) is 9.27. The Bertz CT molecular complexity index is 1080. The van der Waals surface area contributed by atoms with Crippen molar-refractivity contribution in [1.29, 1.82) is 0 Å². The first-order chi connectivity index (χ1) is 13.0. The third-order valence-electron chi connectivity index (χ3n) is 5.43. The van der Waals surface area contributed by atoms with Gasteiger partial charge in [-0.05, 0) is 36.8 Å². The van der Waals surface area contributed by atoms with E-state index in [1.165, 1.54) is 0 Å². The summed E-state index contributed by atoms with van der Waals surface area (Å²) in [5.74, 6) is 0.840. The van der Waals surface area contributed by atoms with Crippen LogP contribution in [0.15, 0.2) is 78.9 Å². The molecule has 0 aliphatic rings. The fourth-order valence-electron chi connectivity index (χ4n) is 3.50. The van der Waals surface area contributed by atoms with Gasteiger partial charge in [0.1, 0.15) is 12.0 Å². The van der Waals surface area contributed by atoms with Gasteiger partial charge in [-0.25, -0.2) is 9.37 Å². The van der Waals surface area contributed by atoms with E-state index in [4.69, 9.17) is 4.98 Å². The number of rotatable bonds is 4. The van der Waals surface area contributed by atoms with Crippen molar-refractivity contribution in [2.75, 3.05) is 0 Å². The molecule has 3 aromatic carbocycles. The van der Waals surface area contributed by atoms with Crippen LogP contribution < -0.4 is 0 Å². The number of aromatic nitrogens is 2. The predicted molar refractivity (Wildman–Crippen MR) is 110 cm³/mol. The summed E-state index contributed by atoms with van der Waals surface area (Å²) in [7, 11) is 0. The molecule has 1 heterocycles. The highest BCUT2D eigenvalue weighted by molar-refractivity contribution is 5.84. The van der Waals surface area contributed by atoms with E-state index in [1.807, 2.05) is 74.5 Å². The molecule has 4 aromatic rings. The van der Waals surface area contributed by atoms with E-state index in [-0.39, 0.29) is 0 Å². The molecular formula is C24H23FN2. The van der Waals surface area contributed by atoms with Crippen molar-refractivity contribution in [2.24, 2.45) is 0 Å². The molecule has 2 nitrogen and oxygen atoms in total. The Labute approximate surface area is 159 Å². The molecule has 1 atom stereocenters. The van der Waals surface area contributed by atoms with Gasteiger partial charge in [-0.1, -0.05) is 68.4 Å². The van der Waals surface area contributed by atoms with Crippen LogP contribution in [0, 0.1) is 0 Å². The molecule has 0 aliphatic heterocycles. The summed E-state index contributed by atoms with van der Waals surface area (Å²) in [4.78, 5) is 4.93. The van der Waals surface area contributed by atoms with Crippen LogP contribution in [0.25, 0.3) is 28.1 Å². The number of para-hydroxylation sites is 3. The fraction of sp³-hybridized carbons (Fsp3) is 0.208. The van der Waals surface area contributed by atoms with Crippen LogP contribution in [0.1, 0.15) is 26.3 Å². The molecule has 0 spiro atoms. The van der Waals surface area contributed by atoms with Crippen LogP contribution in [-0.4, -0.2) is 15.7 Å². The quantitative estimate of drug-likeness (QED) is 0.417. The molecule has 0 saturated carbocycles. The van der Waals surface area contributed by atoms with Gasteiger partial charge in [-0.2, -0.15) is 0 Å². The zero-order chi connectivity index (χ0) is 19.0. The Balaban J connectivity index is 2.05. The van der Waals surface area contributed by atoms with Crippen molar-refractivity contribution in [1.82, 2.24) is 9.55 Å². The lowest BCUT2D eigenvalue weighted by molar-refractivity contribution is 0.237. The average molecular weight is 358 g/mol. The second-order valence-electron chi connectivity index (χ2n) is 7.48.